The van der Waals surface area contributed by atoms with Crippen molar-refractivity contribution in [3.05, 3.63) is 69.1 Å². The monoisotopic (exact) mass is 347 g/mol. The summed E-state index contributed by atoms with van der Waals surface area (Å²) in [4.78, 5) is 23.7. The molecular weight excluding hydrogens is 334 g/mol. The van der Waals surface area contributed by atoms with Gasteiger partial charge in [0.15, 0.2) is 6.29 Å². The van der Waals surface area contributed by atoms with Crippen LogP contribution in [0.1, 0.15) is 15.9 Å². The van der Waals surface area contributed by atoms with Crippen molar-refractivity contribution in [1.82, 2.24) is 4.57 Å². The average Bonchev–Trinajstić information content (AvgIpc) is 2.52. The zero-order valence-corrected chi connectivity index (χ0v) is 13.1. The van der Waals surface area contributed by atoms with Gasteiger partial charge in [-0.1, -0.05) is 6.08 Å². The molecule has 2 rings (SSSR count). The van der Waals surface area contributed by atoms with E-state index in [9.17, 15) is 9.59 Å². The standard InChI is InChI=1S/C16H14BrNO3/c1-3-4-14-15(17)11(10-19)9-18(16(14)20)12-5-7-13(21-2)8-6-12/h3,5-10H,1,4H2,2H3. The minimum atomic E-state index is -0.183. The van der Waals surface area contributed by atoms with Gasteiger partial charge in [-0.15, -0.1) is 6.58 Å². The molecule has 1 heterocycles. The molecule has 4 nitrogen and oxygen atoms in total. The maximum absolute atomic E-state index is 12.5. The van der Waals surface area contributed by atoms with Crippen LogP contribution < -0.4 is 10.3 Å². The molecule has 0 radical (unpaired) electrons. The van der Waals surface area contributed by atoms with Gasteiger partial charge in [-0.2, -0.15) is 0 Å². The summed E-state index contributed by atoms with van der Waals surface area (Å²) < 4.78 is 7.07. The molecule has 0 aliphatic rings. The van der Waals surface area contributed by atoms with Gasteiger partial charge in [0.25, 0.3) is 5.56 Å². The lowest BCUT2D eigenvalue weighted by Crippen LogP contribution is -2.23. The Bertz CT molecular complexity index is 732. The highest BCUT2D eigenvalue weighted by Gasteiger charge is 2.13. The highest BCUT2D eigenvalue weighted by Crippen LogP contribution is 2.21. The molecule has 1 aromatic heterocycles. The van der Waals surface area contributed by atoms with E-state index < -0.39 is 0 Å². The van der Waals surface area contributed by atoms with Crippen LogP contribution in [0.3, 0.4) is 0 Å². The van der Waals surface area contributed by atoms with Crippen LogP contribution in [0, 0.1) is 0 Å². The second-order valence-electron chi connectivity index (χ2n) is 4.36. The summed E-state index contributed by atoms with van der Waals surface area (Å²) in [5, 5.41) is 0. The number of pyridine rings is 1. The number of ether oxygens (including phenoxy) is 1. The van der Waals surface area contributed by atoms with Crippen molar-refractivity contribution < 1.29 is 9.53 Å². The molecule has 108 valence electrons. The predicted molar refractivity (Wildman–Crippen MR) is 85.6 cm³/mol. The molecule has 0 aliphatic heterocycles. The fourth-order valence-electron chi connectivity index (χ4n) is 2.01. The molecule has 0 aliphatic carbocycles. The van der Waals surface area contributed by atoms with Crippen molar-refractivity contribution >= 4 is 22.2 Å². The number of aldehydes is 1. The first-order valence-electron chi connectivity index (χ1n) is 6.27. The first-order chi connectivity index (χ1) is 10.1. The van der Waals surface area contributed by atoms with Gasteiger partial charge < -0.3 is 4.74 Å². The topological polar surface area (TPSA) is 48.3 Å². The molecule has 0 saturated heterocycles. The van der Waals surface area contributed by atoms with Gasteiger partial charge in [0.05, 0.1) is 7.11 Å². The van der Waals surface area contributed by atoms with Crippen molar-refractivity contribution in [1.29, 1.82) is 0 Å². The molecule has 0 saturated carbocycles. The number of carbonyl (C=O) groups is 1. The lowest BCUT2D eigenvalue weighted by atomic mass is 10.1. The van der Waals surface area contributed by atoms with Crippen LogP contribution in [-0.2, 0) is 6.42 Å². The Labute approximate surface area is 130 Å². The van der Waals surface area contributed by atoms with E-state index in [0.29, 0.717) is 33.5 Å². The zero-order chi connectivity index (χ0) is 15.4. The Morgan fingerprint density at radius 2 is 2.00 bits per heavy atom. The molecule has 21 heavy (non-hydrogen) atoms. The first-order valence-corrected chi connectivity index (χ1v) is 7.06. The molecule has 0 N–H and O–H groups in total. The highest BCUT2D eigenvalue weighted by molar-refractivity contribution is 9.10. The zero-order valence-electron chi connectivity index (χ0n) is 11.5. The molecule has 0 unspecified atom stereocenters. The molecule has 0 bridgehead atoms. The van der Waals surface area contributed by atoms with E-state index in [4.69, 9.17) is 4.74 Å². The Balaban J connectivity index is 2.67. The third-order valence-electron chi connectivity index (χ3n) is 3.09. The third kappa shape index (κ3) is 2.97. The first kappa shape index (κ1) is 15.3. The summed E-state index contributed by atoms with van der Waals surface area (Å²) in [6.07, 6.45) is 4.26. The summed E-state index contributed by atoms with van der Waals surface area (Å²) in [5.74, 6) is 0.700. The number of aromatic nitrogens is 1. The normalized spacial score (nSPS) is 10.2. The number of hydrogen-bond donors (Lipinski definition) is 0. The summed E-state index contributed by atoms with van der Waals surface area (Å²) in [5.41, 5.74) is 1.41. The lowest BCUT2D eigenvalue weighted by Gasteiger charge is -2.12. The number of methoxy groups -OCH3 is 1. The number of nitrogens with zero attached hydrogens (tertiary/aromatic N) is 1. The van der Waals surface area contributed by atoms with Gasteiger partial charge in [0.1, 0.15) is 5.75 Å². The van der Waals surface area contributed by atoms with Crippen molar-refractivity contribution in [3.63, 3.8) is 0 Å². The molecule has 0 spiro atoms. The van der Waals surface area contributed by atoms with Crippen molar-refractivity contribution in [2.45, 2.75) is 6.42 Å². The van der Waals surface area contributed by atoms with Gasteiger partial charge in [-0.3, -0.25) is 14.2 Å². The van der Waals surface area contributed by atoms with E-state index in [2.05, 4.69) is 22.5 Å². The average molecular weight is 348 g/mol. The molecular formula is C16H14BrNO3. The molecule has 0 amide bonds. The van der Waals surface area contributed by atoms with Crippen molar-refractivity contribution in [2.75, 3.05) is 7.11 Å². The van der Waals surface area contributed by atoms with Crippen molar-refractivity contribution in [2.24, 2.45) is 0 Å². The molecule has 0 fully saturated rings. The minimum Gasteiger partial charge on any atom is -0.497 e. The van der Waals surface area contributed by atoms with Crippen LogP contribution in [0.5, 0.6) is 5.75 Å². The summed E-state index contributed by atoms with van der Waals surface area (Å²) in [7, 11) is 1.58. The fraction of sp³-hybridized carbons (Fsp3) is 0.125. The summed E-state index contributed by atoms with van der Waals surface area (Å²) in [6, 6.07) is 7.05. The van der Waals surface area contributed by atoms with Gasteiger partial charge in [-0.05, 0) is 46.6 Å². The van der Waals surface area contributed by atoms with Gasteiger partial charge in [0.2, 0.25) is 0 Å². The van der Waals surface area contributed by atoms with Crippen molar-refractivity contribution in [3.8, 4) is 11.4 Å². The van der Waals surface area contributed by atoms with Crippen LogP contribution in [0.25, 0.3) is 5.69 Å². The number of allylic oxidation sites excluding steroid dienone is 1. The number of halogens is 1. The molecule has 2 aromatic rings. The van der Waals surface area contributed by atoms with E-state index in [-0.39, 0.29) is 5.56 Å². The maximum atomic E-state index is 12.5. The number of rotatable bonds is 5. The lowest BCUT2D eigenvalue weighted by molar-refractivity contribution is 0.112. The molecule has 0 atom stereocenters. The van der Waals surface area contributed by atoms with Gasteiger partial charge >= 0.3 is 0 Å². The largest absolute Gasteiger partial charge is 0.497 e. The second kappa shape index (κ2) is 6.54. The predicted octanol–water partition coefficient (Wildman–Crippen LogP) is 3.15. The van der Waals surface area contributed by atoms with E-state index in [1.807, 2.05) is 0 Å². The minimum absolute atomic E-state index is 0.183. The Morgan fingerprint density at radius 3 is 2.52 bits per heavy atom. The van der Waals surface area contributed by atoms with E-state index in [0.717, 1.165) is 6.29 Å². The fourth-order valence-corrected chi connectivity index (χ4v) is 2.53. The van der Waals surface area contributed by atoms with E-state index >= 15 is 0 Å². The number of hydrogen-bond acceptors (Lipinski definition) is 3. The van der Waals surface area contributed by atoms with E-state index in [1.54, 1.807) is 37.5 Å². The Hall–Kier alpha value is -2.14. The Kier molecular flexibility index (Phi) is 4.75. The summed E-state index contributed by atoms with van der Waals surface area (Å²) >= 11 is 3.31. The Morgan fingerprint density at radius 1 is 1.33 bits per heavy atom. The SMILES string of the molecule is C=CCc1c(Br)c(C=O)cn(-c2ccc(OC)cc2)c1=O. The number of carbonyl (C=O) groups excluding carboxylic acids is 1. The van der Waals surface area contributed by atoms with Crippen LogP contribution in [0.4, 0.5) is 0 Å². The van der Waals surface area contributed by atoms with Gasteiger partial charge in [0, 0.05) is 27.5 Å². The van der Waals surface area contributed by atoms with Gasteiger partial charge in [-0.25, -0.2) is 0 Å². The quantitative estimate of drug-likeness (QED) is 0.616. The smallest absolute Gasteiger partial charge is 0.259 e. The van der Waals surface area contributed by atoms with Crippen LogP contribution in [0.15, 0.2) is 52.4 Å². The van der Waals surface area contributed by atoms with Crippen LogP contribution >= 0.6 is 15.9 Å². The van der Waals surface area contributed by atoms with Crippen LogP contribution in [-0.4, -0.2) is 18.0 Å². The van der Waals surface area contributed by atoms with Crippen LogP contribution in [0.2, 0.25) is 0 Å². The third-order valence-corrected chi connectivity index (χ3v) is 4.03. The number of benzene rings is 1. The highest BCUT2D eigenvalue weighted by atomic mass is 79.9. The second-order valence-corrected chi connectivity index (χ2v) is 5.15. The van der Waals surface area contributed by atoms with E-state index in [1.165, 1.54) is 10.8 Å². The summed E-state index contributed by atoms with van der Waals surface area (Å²) in [6.45, 7) is 3.64. The molecule has 1 aromatic carbocycles. The molecule has 5 heteroatoms. The maximum Gasteiger partial charge on any atom is 0.259 e.